The lowest BCUT2D eigenvalue weighted by molar-refractivity contribution is 0.545. The summed E-state index contributed by atoms with van der Waals surface area (Å²) in [5.41, 5.74) is 1.21. The Labute approximate surface area is 138 Å². The van der Waals surface area contributed by atoms with Gasteiger partial charge in [0, 0.05) is 12.8 Å². The summed E-state index contributed by atoms with van der Waals surface area (Å²) in [6.45, 7) is 3.26. The zero-order valence-corrected chi connectivity index (χ0v) is 14.6. The minimum atomic E-state index is 0.978. The maximum atomic E-state index is 4.50. The van der Waals surface area contributed by atoms with Crippen LogP contribution in [0.1, 0.15) is 89.5 Å². The molecule has 0 spiro atoms. The molecule has 1 aromatic rings. The third-order valence-corrected chi connectivity index (χ3v) is 4.18. The number of benzene rings is 1. The van der Waals surface area contributed by atoms with Gasteiger partial charge in [-0.15, -0.1) is 0 Å². The SMILES string of the molecule is CCCCCCCCCCCCCCN=Cc1ccccc1. The van der Waals surface area contributed by atoms with Gasteiger partial charge < -0.3 is 0 Å². The molecule has 0 saturated carbocycles. The van der Waals surface area contributed by atoms with E-state index in [-0.39, 0.29) is 0 Å². The van der Waals surface area contributed by atoms with E-state index in [4.69, 9.17) is 0 Å². The summed E-state index contributed by atoms with van der Waals surface area (Å²) in [7, 11) is 0. The van der Waals surface area contributed by atoms with Gasteiger partial charge in [0.15, 0.2) is 0 Å². The first-order valence-corrected chi connectivity index (χ1v) is 9.48. The molecule has 0 bridgehead atoms. The van der Waals surface area contributed by atoms with Gasteiger partial charge in [0.05, 0.1) is 0 Å². The summed E-state index contributed by atoms with van der Waals surface area (Å²) >= 11 is 0. The second-order valence-electron chi connectivity index (χ2n) is 6.34. The van der Waals surface area contributed by atoms with Crippen LogP contribution in [0, 0.1) is 0 Å². The molecule has 0 aliphatic heterocycles. The summed E-state index contributed by atoms with van der Waals surface area (Å²) in [5, 5.41) is 0. The molecule has 0 aliphatic carbocycles. The molecule has 0 heterocycles. The predicted molar refractivity (Wildman–Crippen MR) is 100.0 cm³/mol. The van der Waals surface area contributed by atoms with Crippen LogP contribution in [-0.2, 0) is 0 Å². The Balaban J connectivity index is 1.79. The van der Waals surface area contributed by atoms with Gasteiger partial charge in [-0.25, -0.2) is 0 Å². The molecular weight excluding hydrogens is 266 g/mol. The Bertz CT molecular complexity index is 355. The maximum absolute atomic E-state index is 4.50. The smallest absolute Gasteiger partial charge is 0.0389 e. The monoisotopic (exact) mass is 301 g/mol. The van der Waals surface area contributed by atoms with Crippen LogP contribution in [-0.4, -0.2) is 12.8 Å². The molecule has 1 aromatic carbocycles. The first-order valence-electron chi connectivity index (χ1n) is 9.48. The van der Waals surface area contributed by atoms with E-state index in [1.807, 2.05) is 12.3 Å². The van der Waals surface area contributed by atoms with Crippen molar-refractivity contribution >= 4 is 6.21 Å². The predicted octanol–water partition coefficient (Wildman–Crippen LogP) is 6.81. The number of rotatable bonds is 14. The molecule has 22 heavy (non-hydrogen) atoms. The lowest BCUT2D eigenvalue weighted by Gasteiger charge is -2.02. The lowest BCUT2D eigenvalue weighted by atomic mass is 10.1. The zero-order chi connectivity index (χ0) is 15.7. The van der Waals surface area contributed by atoms with Gasteiger partial charge in [0.1, 0.15) is 0 Å². The Morgan fingerprint density at radius 2 is 1.18 bits per heavy atom. The molecule has 0 amide bonds. The highest BCUT2D eigenvalue weighted by molar-refractivity contribution is 5.79. The van der Waals surface area contributed by atoms with Crippen molar-refractivity contribution in [2.45, 2.75) is 84.0 Å². The molecule has 1 heteroatoms. The second-order valence-corrected chi connectivity index (χ2v) is 6.34. The summed E-state index contributed by atoms with van der Waals surface area (Å²) in [6.07, 6.45) is 18.8. The number of hydrogen-bond acceptors (Lipinski definition) is 1. The van der Waals surface area contributed by atoms with Crippen LogP contribution in [0.4, 0.5) is 0 Å². The van der Waals surface area contributed by atoms with E-state index in [1.165, 1.54) is 82.6 Å². The van der Waals surface area contributed by atoms with E-state index in [1.54, 1.807) is 0 Å². The minimum absolute atomic E-state index is 0.978. The van der Waals surface area contributed by atoms with Crippen molar-refractivity contribution in [2.75, 3.05) is 6.54 Å². The van der Waals surface area contributed by atoms with Crippen molar-refractivity contribution in [3.63, 3.8) is 0 Å². The van der Waals surface area contributed by atoms with E-state index >= 15 is 0 Å². The van der Waals surface area contributed by atoms with Crippen molar-refractivity contribution in [1.82, 2.24) is 0 Å². The minimum Gasteiger partial charge on any atom is -0.293 e. The summed E-state index contributed by atoms with van der Waals surface area (Å²) in [6, 6.07) is 10.4. The first kappa shape index (κ1) is 18.9. The highest BCUT2D eigenvalue weighted by Gasteiger charge is 1.93. The Morgan fingerprint density at radius 3 is 1.73 bits per heavy atom. The van der Waals surface area contributed by atoms with Crippen LogP contribution >= 0.6 is 0 Å². The van der Waals surface area contributed by atoms with E-state index in [2.05, 4.69) is 36.2 Å². The topological polar surface area (TPSA) is 12.4 Å². The fraction of sp³-hybridized carbons (Fsp3) is 0.667. The fourth-order valence-corrected chi connectivity index (χ4v) is 2.75. The van der Waals surface area contributed by atoms with Crippen LogP contribution in [0.25, 0.3) is 0 Å². The summed E-state index contributed by atoms with van der Waals surface area (Å²) < 4.78 is 0. The molecule has 1 rings (SSSR count). The zero-order valence-electron chi connectivity index (χ0n) is 14.6. The Kier molecular flexibility index (Phi) is 12.8. The molecule has 0 unspecified atom stereocenters. The van der Waals surface area contributed by atoms with Crippen molar-refractivity contribution in [2.24, 2.45) is 4.99 Å². The van der Waals surface area contributed by atoms with Crippen molar-refractivity contribution < 1.29 is 0 Å². The van der Waals surface area contributed by atoms with Gasteiger partial charge in [-0.2, -0.15) is 0 Å². The van der Waals surface area contributed by atoms with Gasteiger partial charge in [0.2, 0.25) is 0 Å². The molecule has 0 radical (unpaired) electrons. The van der Waals surface area contributed by atoms with Crippen molar-refractivity contribution in [3.8, 4) is 0 Å². The van der Waals surface area contributed by atoms with E-state index in [9.17, 15) is 0 Å². The van der Waals surface area contributed by atoms with E-state index < -0.39 is 0 Å². The molecule has 0 aliphatic rings. The van der Waals surface area contributed by atoms with Crippen molar-refractivity contribution in [1.29, 1.82) is 0 Å². The lowest BCUT2D eigenvalue weighted by Crippen LogP contribution is -1.86. The third kappa shape index (κ3) is 11.5. The fourth-order valence-electron chi connectivity index (χ4n) is 2.75. The van der Waals surface area contributed by atoms with Gasteiger partial charge in [-0.1, -0.05) is 108 Å². The highest BCUT2D eigenvalue weighted by atomic mass is 14.7. The quantitative estimate of drug-likeness (QED) is 0.264. The van der Waals surface area contributed by atoms with Crippen LogP contribution in [0.2, 0.25) is 0 Å². The van der Waals surface area contributed by atoms with E-state index in [0.29, 0.717) is 0 Å². The third-order valence-electron chi connectivity index (χ3n) is 4.18. The number of hydrogen-bond donors (Lipinski definition) is 0. The summed E-state index contributed by atoms with van der Waals surface area (Å²) in [4.78, 5) is 4.50. The van der Waals surface area contributed by atoms with Crippen LogP contribution in [0.5, 0.6) is 0 Å². The van der Waals surface area contributed by atoms with Crippen LogP contribution in [0.15, 0.2) is 35.3 Å². The number of aliphatic imine (C=N–C) groups is 1. The van der Waals surface area contributed by atoms with Gasteiger partial charge >= 0.3 is 0 Å². The molecule has 0 N–H and O–H groups in total. The molecular formula is C21H35N. The van der Waals surface area contributed by atoms with Gasteiger partial charge in [-0.3, -0.25) is 4.99 Å². The largest absolute Gasteiger partial charge is 0.293 e. The van der Waals surface area contributed by atoms with E-state index in [0.717, 1.165) is 6.54 Å². The molecule has 1 nitrogen and oxygen atoms in total. The standard InChI is InChI=1S/C21H35N/c1-2-3-4-5-6-7-8-9-10-11-12-16-19-22-20-21-17-14-13-15-18-21/h13-15,17-18,20H,2-12,16,19H2,1H3. The number of unbranched alkanes of at least 4 members (excludes halogenated alkanes) is 11. The molecule has 0 fully saturated rings. The first-order chi connectivity index (χ1) is 10.9. The number of nitrogens with zero attached hydrogens (tertiary/aromatic N) is 1. The van der Waals surface area contributed by atoms with Crippen molar-refractivity contribution in [3.05, 3.63) is 35.9 Å². The summed E-state index contributed by atoms with van der Waals surface area (Å²) in [5.74, 6) is 0. The molecule has 0 atom stereocenters. The highest BCUT2D eigenvalue weighted by Crippen LogP contribution is 2.11. The van der Waals surface area contributed by atoms with Gasteiger partial charge in [-0.05, 0) is 12.0 Å². The van der Waals surface area contributed by atoms with Crippen LogP contribution in [0.3, 0.4) is 0 Å². The van der Waals surface area contributed by atoms with Crippen LogP contribution < -0.4 is 0 Å². The molecule has 124 valence electrons. The molecule has 0 aromatic heterocycles. The molecule has 0 saturated heterocycles. The van der Waals surface area contributed by atoms with Gasteiger partial charge in [0.25, 0.3) is 0 Å². The average molecular weight is 302 g/mol. The Hall–Kier alpha value is -1.11. The Morgan fingerprint density at radius 1 is 0.682 bits per heavy atom. The maximum Gasteiger partial charge on any atom is 0.0389 e. The average Bonchev–Trinajstić information content (AvgIpc) is 2.56. The normalized spacial score (nSPS) is 11.3. The second kappa shape index (κ2) is 14.8.